The van der Waals surface area contributed by atoms with Crippen LogP contribution in [0.5, 0.6) is 5.75 Å². The van der Waals surface area contributed by atoms with Crippen LogP contribution in [0.15, 0.2) is 18.2 Å². The first-order valence-corrected chi connectivity index (χ1v) is 4.72. The normalized spacial score (nSPS) is 11.2. The first kappa shape index (κ1) is 12.0. The van der Waals surface area contributed by atoms with Gasteiger partial charge in [-0.2, -0.15) is 10.5 Å². The molecule has 5 nitrogen and oxygen atoms in total. The van der Waals surface area contributed by atoms with Crippen LogP contribution in [0.4, 0.5) is 0 Å². The van der Waals surface area contributed by atoms with Gasteiger partial charge in [-0.15, -0.1) is 0 Å². The molecule has 1 unspecified atom stereocenters. The molecule has 82 valence electrons. The molecule has 0 radical (unpaired) electrons. The molecule has 0 fully saturated rings. The highest BCUT2D eigenvalue weighted by Crippen LogP contribution is 2.24. The van der Waals surface area contributed by atoms with Gasteiger partial charge in [0.1, 0.15) is 11.8 Å². The number of ether oxygens (including phenoxy) is 1. The molecule has 16 heavy (non-hydrogen) atoms. The Morgan fingerprint density at radius 2 is 2.12 bits per heavy atom. The van der Waals surface area contributed by atoms with E-state index in [0.29, 0.717) is 16.9 Å². The average molecular weight is 216 g/mol. The summed E-state index contributed by atoms with van der Waals surface area (Å²) in [7, 11) is 0. The molecule has 0 saturated heterocycles. The average Bonchev–Trinajstić information content (AvgIpc) is 2.35. The van der Waals surface area contributed by atoms with E-state index >= 15 is 0 Å². The van der Waals surface area contributed by atoms with Gasteiger partial charge in [-0.05, 0) is 18.2 Å². The molecule has 0 aromatic heterocycles. The Balaban J connectivity index is 3.08. The molecule has 0 bridgehead atoms. The number of nitrogens with two attached hydrogens (primary N) is 2. The molecule has 0 aliphatic heterocycles. The smallest absolute Gasteiger partial charge is 0.174 e. The molecule has 5 heteroatoms. The second-order valence-electron chi connectivity index (χ2n) is 3.15. The van der Waals surface area contributed by atoms with Crippen LogP contribution in [0.2, 0.25) is 0 Å². The Morgan fingerprint density at radius 3 is 2.69 bits per heavy atom. The Morgan fingerprint density at radius 1 is 1.38 bits per heavy atom. The van der Waals surface area contributed by atoms with Crippen LogP contribution in [0.3, 0.4) is 0 Å². The summed E-state index contributed by atoms with van der Waals surface area (Å²) in [5.74, 6) is 0.499. The minimum absolute atomic E-state index is 0.0593. The minimum Gasteiger partial charge on any atom is -0.478 e. The van der Waals surface area contributed by atoms with E-state index < -0.39 is 6.04 Å². The summed E-state index contributed by atoms with van der Waals surface area (Å²) in [4.78, 5) is 0. The van der Waals surface area contributed by atoms with Gasteiger partial charge < -0.3 is 16.2 Å². The molecule has 0 spiro atoms. The summed E-state index contributed by atoms with van der Waals surface area (Å²) >= 11 is 0. The topological polar surface area (TPSA) is 109 Å². The highest BCUT2D eigenvalue weighted by molar-refractivity contribution is 5.43. The zero-order valence-corrected chi connectivity index (χ0v) is 8.68. The van der Waals surface area contributed by atoms with Crippen molar-refractivity contribution in [2.45, 2.75) is 6.04 Å². The first-order valence-electron chi connectivity index (χ1n) is 4.72. The van der Waals surface area contributed by atoms with E-state index in [9.17, 15) is 0 Å². The third-order valence-electron chi connectivity index (χ3n) is 2.08. The molecule has 0 aliphatic rings. The predicted octanol–water partition coefficient (Wildman–Crippen LogP) is 0.419. The van der Waals surface area contributed by atoms with Crippen LogP contribution < -0.4 is 16.2 Å². The second-order valence-corrected chi connectivity index (χ2v) is 3.15. The number of hydrogen-bond donors (Lipinski definition) is 2. The summed E-state index contributed by atoms with van der Waals surface area (Å²) in [6, 6.07) is 8.35. The minimum atomic E-state index is -0.401. The number of benzene rings is 1. The molecule has 1 atom stereocenters. The van der Waals surface area contributed by atoms with E-state index in [2.05, 4.69) is 0 Å². The second kappa shape index (κ2) is 5.72. The zero-order valence-electron chi connectivity index (χ0n) is 8.68. The summed E-state index contributed by atoms with van der Waals surface area (Å²) in [6.07, 6.45) is 0. The van der Waals surface area contributed by atoms with E-state index in [1.165, 1.54) is 0 Å². The number of hydrogen-bond acceptors (Lipinski definition) is 5. The quantitative estimate of drug-likeness (QED) is 0.758. The standard InChI is InChI=1S/C11H12N4O/c12-3-4-16-11-2-1-8(6-13)5-9(11)10(15)7-14/h1-2,5,10H,4,7,14-15H2. The largest absolute Gasteiger partial charge is 0.478 e. The Hall–Kier alpha value is -2.08. The lowest BCUT2D eigenvalue weighted by molar-refractivity contribution is 0.361. The van der Waals surface area contributed by atoms with Crippen molar-refractivity contribution in [3.63, 3.8) is 0 Å². The highest BCUT2D eigenvalue weighted by Gasteiger charge is 2.11. The van der Waals surface area contributed by atoms with Crippen LogP contribution in [-0.4, -0.2) is 13.2 Å². The lowest BCUT2D eigenvalue weighted by Crippen LogP contribution is -2.21. The van der Waals surface area contributed by atoms with Gasteiger partial charge in [0.25, 0.3) is 0 Å². The zero-order chi connectivity index (χ0) is 12.0. The van der Waals surface area contributed by atoms with Crippen LogP contribution >= 0.6 is 0 Å². The lowest BCUT2D eigenvalue weighted by Gasteiger charge is -2.14. The van der Waals surface area contributed by atoms with Crippen molar-refractivity contribution in [1.82, 2.24) is 0 Å². The number of nitrogens with zero attached hydrogens (tertiary/aromatic N) is 2. The van der Waals surface area contributed by atoms with E-state index in [-0.39, 0.29) is 13.2 Å². The molecule has 1 aromatic carbocycles. The van der Waals surface area contributed by atoms with Crippen LogP contribution in [0.25, 0.3) is 0 Å². The van der Waals surface area contributed by atoms with Gasteiger partial charge in [0, 0.05) is 18.2 Å². The monoisotopic (exact) mass is 216 g/mol. The fourth-order valence-corrected chi connectivity index (χ4v) is 1.28. The van der Waals surface area contributed by atoms with Gasteiger partial charge in [0.15, 0.2) is 6.61 Å². The van der Waals surface area contributed by atoms with Crippen molar-refractivity contribution in [3.05, 3.63) is 29.3 Å². The molecule has 4 N–H and O–H groups in total. The van der Waals surface area contributed by atoms with Crippen molar-refractivity contribution in [1.29, 1.82) is 10.5 Å². The summed E-state index contributed by atoms with van der Waals surface area (Å²) < 4.78 is 5.20. The molecule has 0 saturated carbocycles. The first-order chi connectivity index (χ1) is 7.72. The number of rotatable bonds is 4. The molecule has 1 aromatic rings. The van der Waals surface area contributed by atoms with Gasteiger partial charge in [0.2, 0.25) is 0 Å². The van der Waals surface area contributed by atoms with Crippen molar-refractivity contribution in [3.8, 4) is 17.9 Å². The Bertz CT molecular complexity index is 444. The van der Waals surface area contributed by atoms with Crippen LogP contribution in [0, 0.1) is 22.7 Å². The van der Waals surface area contributed by atoms with Crippen LogP contribution in [0.1, 0.15) is 17.2 Å². The van der Waals surface area contributed by atoms with Gasteiger partial charge >= 0.3 is 0 Å². The fourth-order valence-electron chi connectivity index (χ4n) is 1.28. The SMILES string of the molecule is N#CCOc1ccc(C#N)cc1C(N)CN. The molecular formula is C11H12N4O. The van der Waals surface area contributed by atoms with E-state index in [1.807, 2.05) is 12.1 Å². The molecule has 1 rings (SSSR count). The molecule has 0 aliphatic carbocycles. The Labute approximate surface area is 93.8 Å². The van der Waals surface area contributed by atoms with E-state index in [4.69, 9.17) is 26.7 Å². The van der Waals surface area contributed by atoms with E-state index in [0.717, 1.165) is 0 Å². The summed E-state index contributed by atoms with van der Waals surface area (Å²) in [5.41, 5.74) is 12.4. The summed E-state index contributed by atoms with van der Waals surface area (Å²) in [6.45, 7) is 0.188. The van der Waals surface area contributed by atoms with Crippen molar-refractivity contribution in [2.75, 3.05) is 13.2 Å². The van der Waals surface area contributed by atoms with Crippen molar-refractivity contribution in [2.24, 2.45) is 11.5 Å². The molecule has 0 heterocycles. The van der Waals surface area contributed by atoms with Crippen molar-refractivity contribution < 1.29 is 4.74 Å². The van der Waals surface area contributed by atoms with E-state index in [1.54, 1.807) is 18.2 Å². The number of nitriles is 2. The Kier molecular flexibility index (Phi) is 4.28. The third kappa shape index (κ3) is 2.71. The molecule has 0 amide bonds. The van der Waals surface area contributed by atoms with Gasteiger partial charge in [-0.25, -0.2) is 0 Å². The van der Waals surface area contributed by atoms with Gasteiger partial charge in [-0.1, -0.05) is 0 Å². The third-order valence-corrected chi connectivity index (χ3v) is 2.08. The lowest BCUT2D eigenvalue weighted by atomic mass is 10.0. The fraction of sp³-hybridized carbons (Fsp3) is 0.273. The van der Waals surface area contributed by atoms with Gasteiger partial charge in [-0.3, -0.25) is 0 Å². The van der Waals surface area contributed by atoms with Gasteiger partial charge in [0.05, 0.1) is 11.6 Å². The predicted molar refractivity (Wildman–Crippen MR) is 58.2 cm³/mol. The maximum atomic E-state index is 8.77. The maximum Gasteiger partial charge on any atom is 0.174 e. The summed E-state index contributed by atoms with van der Waals surface area (Å²) in [5, 5.41) is 17.2. The molecular weight excluding hydrogens is 204 g/mol. The van der Waals surface area contributed by atoms with Crippen molar-refractivity contribution >= 4 is 0 Å². The maximum absolute atomic E-state index is 8.77. The highest BCUT2D eigenvalue weighted by atomic mass is 16.5. The van der Waals surface area contributed by atoms with Crippen LogP contribution in [-0.2, 0) is 0 Å².